The molecule has 27 heavy (non-hydrogen) atoms. The van der Waals surface area contributed by atoms with E-state index < -0.39 is 5.41 Å². The van der Waals surface area contributed by atoms with Crippen molar-refractivity contribution in [3.8, 4) is 0 Å². The SMILES string of the molecule is COC(=O)[C@]1(C)CCC[C@@]2(C)[C@H]1CC=C1C=C(C(C)C)[C@H](OC(C)=O)C[C@@H]12. The summed E-state index contributed by atoms with van der Waals surface area (Å²) in [6.45, 7) is 10.2. The van der Waals surface area contributed by atoms with Crippen LogP contribution in [0.2, 0.25) is 0 Å². The lowest BCUT2D eigenvalue weighted by Gasteiger charge is -2.57. The summed E-state index contributed by atoms with van der Waals surface area (Å²) >= 11 is 0. The number of fused-ring (bicyclic) bond motifs is 3. The Hall–Kier alpha value is -1.58. The van der Waals surface area contributed by atoms with Crippen molar-refractivity contribution in [1.29, 1.82) is 0 Å². The summed E-state index contributed by atoms with van der Waals surface area (Å²) in [4.78, 5) is 24.4. The van der Waals surface area contributed by atoms with Crippen molar-refractivity contribution in [1.82, 2.24) is 0 Å². The van der Waals surface area contributed by atoms with Gasteiger partial charge in [0.25, 0.3) is 0 Å². The van der Waals surface area contributed by atoms with Crippen LogP contribution in [0.5, 0.6) is 0 Å². The van der Waals surface area contributed by atoms with Gasteiger partial charge in [-0.05, 0) is 66.9 Å². The van der Waals surface area contributed by atoms with Gasteiger partial charge < -0.3 is 9.47 Å². The number of allylic oxidation sites excluding steroid dienone is 3. The standard InChI is InChI=1S/C23H34O4/c1-14(2)17-12-16-8-9-20-22(4,18(16)13-19(17)27-15(3)24)10-7-11-23(20,5)21(25)26-6/h8,12,14,18-20H,7,9-11,13H2,1-6H3/t18-,19+,20+,22+,23+/m0/s1. The van der Waals surface area contributed by atoms with Gasteiger partial charge in [0.1, 0.15) is 6.10 Å². The maximum absolute atomic E-state index is 12.7. The van der Waals surface area contributed by atoms with Crippen LogP contribution in [-0.4, -0.2) is 25.2 Å². The Morgan fingerprint density at radius 2 is 1.93 bits per heavy atom. The van der Waals surface area contributed by atoms with Gasteiger partial charge in [-0.25, -0.2) is 0 Å². The quantitative estimate of drug-likeness (QED) is 0.664. The van der Waals surface area contributed by atoms with Crippen LogP contribution in [0.25, 0.3) is 0 Å². The fraction of sp³-hybridized carbons (Fsp3) is 0.739. The number of carbonyl (C=O) groups is 2. The zero-order chi connectivity index (χ0) is 20.0. The van der Waals surface area contributed by atoms with E-state index in [1.165, 1.54) is 25.2 Å². The molecule has 0 saturated heterocycles. The van der Waals surface area contributed by atoms with Gasteiger partial charge in [-0.15, -0.1) is 0 Å². The normalized spacial score (nSPS) is 38.3. The van der Waals surface area contributed by atoms with Gasteiger partial charge in [0.05, 0.1) is 12.5 Å². The molecule has 3 aliphatic rings. The average molecular weight is 375 g/mol. The average Bonchev–Trinajstić information content (AvgIpc) is 2.60. The Bertz CT molecular complexity index is 688. The number of ether oxygens (including phenoxy) is 2. The van der Waals surface area contributed by atoms with Gasteiger partial charge in [0.15, 0.2) is 0 Å². The van der Waals surface area contributed by atoms with E-state index in [0.717, 1.165) is 32.1 Å². The summed E-state index contributed by atoms with van der Waals surface area (Å²) in [6, 6.07) is 0. The molecule has 4 heteroatoms. The molecule has 150 valence electrons. The maximum Gasteiger partial charge on any atom is 0.311 e. The molecule has 0 spiro atoms. The highest BCUT2D eigenvalue weighted by atomic mass is 16.5. The smallest absolute Gasteiger partial charge is 0.311 e. The molecule has 4 nitrogen and oxygen atoms in total. The van der Waals surface area contributed by atoms with Crippen molar-refractivity contribution >= 4 is 11.9 Å². The number of esters is 2. The molecule has 0 aromatic carbocycles. The van der Waals surface area contributed by atoms with Gasteiger partial charge >= 0.3 is 11.9 Å². The van der Waals surface area contributed by atoms with E-state index in [9.17, 15) is 9.59 Å². The van der Waals surface area contributed by atoms with Crippen LogP contribution in [0.15, 0.2) is 23.3 Å². The Balaban J connectivity index is 2.02. The van der Waals surface area contributed by atoms with Gasteiger partial charge in [0, 0.05) is 6.92 Å². The molecule has 1 saturated carbocycles. The van der Waals surface area contributed by atoms with Crippen LogP contribution in [0.1, 0.15) is 66.7 Å². The highest BCUT2D eigenvalue weighted by molar-refractivity contribution is 5.77. The molecule has 0 N–H and O–H groups in total. The van der Waals surface area contributed by atoms with Crippen molar-refractivity contribution < 1.29 is 19.1 Å². The van der Waals surface area contributed by atoms with Crippen molar-refractivity contribution in [3.05, 3.63) is 23.3 Å². The number of hydrogen-bond donors (Lipinski definition) is 0. The fourth-order valence-corrected chi connectivity index (χ4v) is 6.17. The van der Waals surface area contributed by atoms with Crippen molar-refractivity contribution in [2.45, 2.75) is 72.8 Å². The Morgan fingerprint density at radius 1 is 1.22 bits per heavy atom. The molecule has 1 fully saturated rings. The van der Waals surface area contributed by atoms with E-state index in [2.05, 4.69) is 39.8 Å². The predicted octanol–water partition coefficient (Wildman–Crippen LogP) is 4.84. The first-order valence-corrected chi connectivity index (χ1v) is 10.3. The number of hydrogen-bond acceptors (Lipinski definition) is 4. The molecule has 3 aliphatic carbocycles. The first kappa shape index (κ1) is 20.2. The Kier molecular flexibility index (Phi) is 5.31. The summed E-state index contributed by atoms with van der Waals surface area (Å²) in [5.74, 6) is 0.605. The third kappa shape index (κ3) is 3.25. The van der Waals surface area contributed by atoms with Gasteiger partial charge in [0.2, 0.25) is 0 Å². The lowest BCUT2D eigenvalue weighted by Crippen LogP contribution is -2.54. The lowest BCUT2D eigenvalue weighted by atomic mass is 9.46. The topological polar surface area (TPSA) is 52.6 Å². The van der Waals surface area contributed by atoms with Crippen LogP contribution >= 0.6 is 0 Å². The summed E-state index contributed by atoms with van der Waals surface area (Å²) in [6.07, 6.45) is 9.19. The molecule has 3 rings (SSSR count). The molecule has 0 aromatic heterocycles. The zero-order valence-electron chi connectivity index (χ0n) is 17.6. The number of carbonyl (C=O) groups excluding carboxylic acids is 2. The van der Waals surface area contributed by atoms with Gasteiger partial charge in [-0.2, -0.15) is 0 Å². The van der Waals surface area contributed by atoms with Crippen molar-refractivity contribution in [2.75, 3.05) is 7.11 Å². The highest BCUT2D eigenvalue weighted by Gasteiger charge is 2.58. The van der Waals surface area contributed by atoms with Crippen molar-refractivity contribution in [2.24, 2.45) is 28.6 Å². The molecule has 0 unspecified atom stereocenters. The highest BCUT2D eigenvalue weighted by Crippen LogP contribution is 2.62. The minimum Gasteiger partial charge on any atom is -0.469 e. The molecular formula is C23H34O4. The second kappa shape index (κ2) is 7.10. The van der Waals surface area contributed by atoms with Crippen LogP contribution in [0, 0.1) is 28.6 Å². The summed E-state index contributed by atoms with van der Waals surface area (Å²) in [5, 5.41) is 0. The van der Waals surface area contributed by atoms with Crippen LogP contribution < -0.4 is 0 Å². The largest absolute Gasteiger partial charge is 0.469 e. The molecule has 5 atom stereocenters. The molecule has 0 aliphatic heterocycles. The van der Waals surface area contributed by atoms with Crippen LogP contribution in [0.3, 0.4) is 0 Å². The molecule has 0 radical (unpaired) electrons. The third-order valence-electron chi connectivity index (χ3n) is 7.55. The monoisotopic (exact) mass is 374 g/mol. The zero-order valence-corrected chi connectivity index (χ0v) is 17.6. The van der Waals surface area contributed by atoms with Crippen molar-refractivity contribution in [3.63, 3.8) is 0 Å². The van der Waals surface area contributed by atoms with E-state index in [4.69, 9.17) is 9.47 Å². The first-order valence-electron chi connectivity index (χ1n) is 10.3. The Labute approximate surface area is 163 Å². The summed E-state index contributed by atoms with van der Waals surface area (Å²) < 4.78 is 10.9. The molecule has 0 aromatic rings. The van der Waals surface area contributed by atoms with E-state index in [-0.39, 0.29) is 29.4 Å². The second-order valence-corrected chi connectivity index (χ2v) is 9.45. The third-order valence-corrected chi connectivity index (χ3v) is 7.55. The minimum absolute atomic E-state index is 0.0165. The first-order chi connectivity index (χ1) is 12.6. The number of methoxy groups -OCH3 is 1. The summed E-state index contributed by atoms with van der Waals surface area (Å²) in [5.41, 5.74) is 2.15. The second-order valence-electron chi connectivity index (χ2n) is 9.45. The summed E-state index contributed by atoms with van der Waals surface area (Å²) in [7, 11) is 1.50. The van der Waals surface area contributed by atoms with E-state index >= 15 is 0 Å². The fourth-order valence-electron chi connectivity index (χ4n) is 6.17. The minimum atomic E-state index is -0.442. The van der Waals surface area contributed by atoms with Crippen LogP contribution in [-0.2, 0) is 19.1 Å². The van der Waals surface area contributed by atoms with E-state index in [1.807, 2.05) is 0 Å². The molecule has 0 amide bonds. The maximum atomic E-state index is 12.7. The van der Waals surface area contributed by atoms with Gasteiger partial charge in [-0.1, -0.05) is 39.3 Å². The van der Waals surface area contributed by atoms with Crippen LogP contribution in [0.4, 0.5) is 0 Å². The van der Waals surface area contributed by atoms with E-state index in [1.54, 1.807) is 0 Å². The van der Waals surface area contributed by atoms with Gasteiger partial charge in [-0.3, -0.25) is 9.59 Å². The molecule has 0 bridgehead atoms. The van der Waals surface area contributed by atoms with E-state index in [0.29, 0.717) is 11.8 Å². The lowest BCUT2D eigenvalue weighted by molar-refractivity contribution is -0.167. The molecular weight excluding hydrogens is 340 g/mol. The Morgan fingerprint density at radius 3 is 2.52 bits per heavy atom. The predicted molar refractivity (Wildman–Crippen MR) is 105 cm³/mol. The number of rotatable bonds is 3. The molecule has 0 heterocycles.